The first-order chi connectivity index (χ1) is 10.2. The molecule has 2 heteroatoms. The molecule has 1 fully saturated rings. The van der Waals surface area contributed by atoms with Gasteiger partial charge < -0.3 is 10.6 Å². The van der Waals surface area contributed by atoms with Gasteiger partial charge in [-0.05, 0) is 55.2 Å². The number of likely N-dealkylation sites (tertiary alicyclic amines) is 1. The molecule has 1 aliphatic heterocycles. The highest BCUT2D eigenvalue weighted by molar-refractivity contribution is 5.86. The van der Waals surface area contributed by atoms with E-state index >= 15 is 0 Å². The number of fused-ring (bicyclic) bond motifs is 1. The van der Waals surface area contributed by atoms with Crippen molar-refractivity contribution in [2.75, 3.05) is 26.2 Å². The summed E-state index contributed by atoms with van der Waals surface area (Å²) in [6.45, 7) is 6.71. The smallest absolute Gasteiger partial charge is 0.00656 e. The number of benzene rings is 2. The first-order valence-electron chi connectivity index (χ1n) is 8.14. The quantitative estimate of drug-likeness (QED) is 0.909. The standard InChI is InChI=1S/C19H26N2/c1-19(15-20,11-14-21-12-4-5-13-21)18-10-6-8-16-7-2-3-9-17(16)18/h2-3,6-10H,4-5,11-15,20H2,1H3/t19-/m0/s1. The van der Waals surface area contributed by atoms with E-state index in [1.54, 1.807) is 0 Å². The lowest BCUT2D eigenvalue weighted by molar-refractivity contribution is 0.291. The Bertz CT molecular complexity index is 596. The molecule has 1 saturated heterocycles. The van der Waals surface area contributed by atoms with E-state index in [2.05, 4.69) is 54.3 Å². The van der Waals surface area contributed by atoms with Gasteiger partial charge in [0.1, 0.15) is 0 Å². The van der Waals surface area contributed by atoms with Crippen LogP contribution in [0.2, 0.25) is 0 Å². The zero-order valence-corrected chi connectivity index (χ0v) is 13.0. The second-order valence-electron chi connectivity index (χ2n) is 6.59. The molecule has 0 amide bonds. The maximum absolute atomic E-state index is 6.20. The summed E-state index contributed by atoms with van der Waals surface area (Å²) in [6, 6.07) is 15.3. The van der Waals surface area contributed by atoms with Crippen molar-refractivity contribution >= 4 is 10.8 Å². The lowest BCUT2D eigenvalue weighted by Crippen LogP contribution is -2.36. The van der Waals surface area contributed by atoms with Gasteiger partial charge in [-0.25, -0.2) is 0 Å². The van der Waals surface area contributed by atoms with Crippen molar-refractivity contribution in [3.8, 4) is 0 Å². The predicted octanol–water partition coefficient (Wildman–Crippen LogP) is 3.54. The third kappa shape index (κ3) is 2.97. The highest BCUT2D eigenvalue weighted by Crippen LogP contribution is 2.33. The highest BCUT2D eigenvalue weighted by atomic mass is 15.1. The largest absolute Gasteiger partial charge is 0.330 e. The molecule has 2 aromatic rings. The SMILES string of the molecule is C[C@@](CN)(CCN1CCCC1)c1cccc2ccccc12. The van der Waals surface area contributed by atoms with Crippen molar-refractivity contribution in [2.24, 2.45) is 5.73 Å². The van der Waals surface area contributed by atoms with Gasteiger partial charge in [0.25, 0.3) is 0 Å². The maximum atomic E-state index is 6.20. The first kappa shape index (κ1) is 14.6. The summed E-state index contributed by atoms with van der Waals surface area (Å²) < 4.78 is 0. The van der Waals surface area contributed by atoms with Crippen LogP contribution in [0.5, 0.6) is 0 Å². The van der Waals surface area contributed by atoms with Gasteiger partial charge >= 0.3 is 0 Å². The van der Waals surface area contributed by atoms with Gasteiger partial charge in [-0.2, -0.15) is 0 Å². The Morgan fingerprint density at radius 1 is 1.05 bits per heavy atom. The van der Waals surface area contributed by atoms with Crippen molar-refractivity contribution in [3.63, 3.8) is 0 Å². The third-order valence-electron chi connectivity index (χ3n) is 5.07. The van der Waals surface area contributed by atoms with Gasteiger partial charge in [0, 0.05) is 12.0 Å². The van der Waals surface area contributed by atoms with E-state index in [0.29, 0.717) is 6.54 Å². The Balaban J connectivity index is 1.89. The summed E-state index contributed by atoms with van der Waals surface area (Å²) in [7, 11) is 0. The molecule has 112 valence electrons. The molecule has 0 radical (unpaired) electrons. The molecule has 0 saturated carbocycles. The Hall–Kier alpha value is -1.38. The predicted molar refractivity (Wildman–Crippen MR) is 90.6 cm³/mol. The molecule has 0 bridgehead atoms. The van der Waals surface area contributed by atoms with E-state index in [-0.39, 0.29) is 5.41 Å². The van der Waals surface area contributed by atoms with Crippen molar-refractivity contribution in [1.82, 2.24) is 4.90 Å². The van der Waals surface area contributed by atoms with E-state index in [9.17, 15) is 0 Å². The van der Waals surface area contributed by atoms with E-state index < -0.39 is 0 Å². The maximum Gasteiger partial charge on any atom is 0.00656 e. The van der Waals surface area contributed by atoms with Crippen LogP contribution in [-0.2, 0) is 5.41 Å². The molecule has 0 aliphatic carbocycles. The summed E-state index contributed by atoms with van der Waals surface area (Å²) >= 11 is 0. The zero-order chi connectivity index (χ0) is 14.7. The summed E-state index contributed by atoms with van der Waals surface area (Å²) in [4.78, 5) is 2.58. The second-order valence-corrected chi connectivity index (χ2v) is 6.59. The van der Waals surface area contributed by atoms with Crippen LogP contribution in [0.25, 0.3) is 10.8 Å². The fraction of sp³-hybridized carbons (Fsp3) is 0.474. The molecule has 0 spiro atoms. The van der Waals surface area contributed by atoms with E-state index in [0.717, 1.165) is 13.0 Å². The van der Waals surface area contributed by atoms with Crippen LogP contribution in [0.4, 0.5) is 0 Å². The van der Waals surface area contributed by atoms with E-state index in [4.69, 9.17) is 5.73 Å². The Morgan fingerprint density at radius 3 is 2.52 bits per heavy atom. The molecule has 1 heterocycles. The minimum Gasteiger partial charge on any atom is -0.330 e. The summed E-state index contributed by atoms with van der Waals surface area (Å²) in [5.74, 6) is 0. The number of nitrogens with two attached hydrogens (primary N) is 1. The molecule has 2 nitrogen and oxygen atoms in total. The van der Waals surface area contributed by atoms with Crippen LogP contribution in [0.1, 0.15) is 31.7 Å². The minimum absolute atomic E-state index is 0.0590. The molecule has 3 rings (SSSR count). The molecule has 0 unspecified atom stereocenters. The van der Waals surface area contributed by atoms with Crippen LogP contribution >= 0.6 is 0 Å². The zero-order valence-electron chi connectivity index (χ0n) is 13.0. The Kier molecular flexibility index (Phi) is 4.27. The molecule has 2 N–H and O–H groups in total. The summed E-state index contributed by atoms with van der Waals surface area (Å²) in [5, 5.41) is 2.67. The van der Waals surface area contributed by atoms with Crippen LogP contribution in [-0.4, -0.2) is 31.1 Å². The van der Waals surface area contributed by atoms with Crippen molar-refractivity contribution in [2.45, 2.75) is 31.6 Å². The van der Waals surface area contributed by atoms with Gasteiger partial charge in [0.2, 0.25) is 0 Å². The highest BCUT2D eigenvalue weighted by Gasteiger charge is 2.27. The average Bonchev–Trinajstić information content (AvgIpc) is 3.05. The molecule has 1 aliphatic rings. The van der Waals surface area contributed by atoms with Gasteiger partial charge in [-0.15, -0.1) is 0 Å². The summed E-state index contributed by atoms with van der Waals surface area (Å²) in [5.41, 5.74) is 7.66. The molecular weight excluding hydrogens is 256 g/mol. The molecule has 2 aromatic carbocycles. The summed E-state index contributed by atoms with van der Waals surface area (Å²) in [6.07, 6.45) is 3.85. The Morgan fingerprint density at radius 2 is 1.76 bits per heavy atom. The van der Waals surface area contributed by atoms with Crippen LogP contribution in [0.15, 0.2) is 42.5 Å². The number of hydrogen-bond donors (Lipinski definition) is 1. The molecule has 21 heavy (non-hydrogen) atoms. The van der Waals surface area contributed by atoms with E-state index in [1.807, 2.05) is 0 Å². The van der Waals surface area contributed by atoms with Crippen LogP contribution in [0, 0.1) is 0 Å². The third-order valence-corrected chi connectivity index (χ3v) is 5.07. The lowest BCUT2D eigenvalue weighted by Gasteiger charge is -2.32. The van der Waals surface area contributed by atoms with Crippen LogP contribution in [0.3, 0.4) is 0 Å². The van der Waals surface area contributed by atoms with Gasteiger partial charge in [0.05, 0.1) is 0 Å². The normalized spacial score (nSPS) is 19.0. The molecule has 1 atom stereocenters. The minimum atomic E-state index is 0.0590. The second kappa shape index (κ2) is 6.17. The fourth-order valence-electron chi connectivity index (χ4n) is 3.51. The van der Waals surface area contributed by atoms with Crippen molar-refractivity contribution in [1.29, 1.82) is 0 Å². The molecular formula is C19H26N2. The number of nitrogens with zero attached hydrogens (tertiary/aromatic N) is 1. The Labute approximate surface area is 127 Å². The fourth-order valence-corrected chi connectivity index (χ4v) is 3.51. The topological polar surface area (TPSA) is 29.3 Å². The van der Waals surface area contributed by atoms with Crippen molar-refractivity contribution in [3.05, 3.63) is 48.0 Å². The average molecular weight is 282 g/mol. The van der Waals surface area contributed by atoms with E-state index in [1.165, 1.54) is 42.3 Å². The first-order valence-corrected chi connectivity index (χ1v) is 8.14. The molecule has 0 aromatic heterocycles. The number of hydrogen-bond acceptors (Lipinski definition) is 2. The lowest BCUT2D eigenvalue weighted by atomic mass is 9.77. The number of rotatable bonds is 5. The van der Waals surface area contributed by atoms with Crippen LogP contribution < -0.4 is 5.73 Å². The van der Waals surface area contributed by atoms with Crippen molar-refractivity contribution < 1.29 is 0 Å². The van der Waals surface area contributed by atoms with Gasteiger partial charge in [-0.3, -0.25) is 0 Å². The van der Waals surface area contributed by atoms with Gasteiger partial charge in [0.15, 0.2) is 0 Å². The van der Waals surface area contributed by atoms with Gasteiger partial charge in [-0.1, -0.05) is 49.4 Å². The monoisotopic (exact) mass is 282 g/mol.